The fraction of sp³-hybridized carbons (Fsp3) is 0.455. The Kier molecular flexibility index (Phi) is 3.60. The highest BCUT2D eigenvalue weighted by Crippen LogP contribution is 2.32. The topological polar surface area (TPSA) is 57.6 Å². The van der Waals surface area contributed by atoms with E-state index in [2.05, 4.69) is 0 Å². The molecule has 0 heterocycles. The van der Waals surface area contributed by atoms with Crippen LogP contribution in [0.3, 0.4) is 0 Å². The summed E-state index contributed by atoms with van der Waals surface area (Å²) < 4.78 is 24.9. The van der Waals surface area contributed by atoms with Crippen LogP contribution in [0.2, 0.25) is 0 Å². The summed E-state index contributed by atoms with van der Waals surface area (Å²) in [5.41, 5.74) is 0.642. The molecule has 0 spiro atoms. The fourth-order valence-corrected chi connectivity index (χ4v) is 2.42. The molecule has 0 fully saturated rings. The summed E-state index contributed by atoms with van der Waals surface area (Å²) in [5, 5.41) is 9.94. The Morgan fingerprint density at radius 3 is 2.25 bits per heavy atom. The minimum Gasteiger partial charge on any atom is -0.506 e. The molecule has 0 aliphatic heterocycles. The van der Waals surface area contributed by atoms with Crippen LogP contribution in [0.25, 0.3) is 0 Å². The van der Waals surface area contributed by atoms with E-state index in [1.807, 2.05) is 13.8 Å². The SMILES string of the molecule is CC(C)c1cccc(S(=O)(=O)N(C)C)c1O. The van der Waals surface area contributed by atoms with Crippen LogP contribution in [0.1, 0.15) is 25.3 Å². The van der Waals surface area contributed by atoms with Gasteiger partial charge in [0.1, 0.15) is 10.6 Å². The molecule has 1 N–H and O–H groups in total. The van der Waals surface area contributed by atoms with Gasteiger partial charge in [0, 0.05) is 14.1 Å². The molecule has 0 saturated heterocycles. The van der Waals surface area contributed by atoms with E-state index in [-0.39, 0.29) is 16.6 Å². The smallest absolute Gasteiger partial charge is 0.246 e. The average molecular weight is 243 g/mol. The van der Waals surface area contributed by atoms with Gasteiger partial charge in [-0.15, -0.1) is 0 Å². The molecule has 1 aromatic carbocycles. The molecular formula is C11H17NO3S. The normalized spacial score (nSPS) is 12.4. The molecule has 0 radical (unpaired) electrons. The molecule has 1 rings (SSSR count). The number of nitrogens with zero attached hydrogens (tertiary/aromatic N) is 1. The Balaban J connectivity index is 3.43. The maximum Gasteiger partial charge on any atom is 0.246 e. The Labute approximate surface area is 96.6 Å². The van der Waals surface area contributed by atoms with E-state index in [4.69, 9.17) is 0 Å². The van der Waals surface area contributed by atoms with E-state index < -0.39 is 10.0 Å². The molecule has 5 heteroatoms. The lowest BCUT2D eigenvalue weighted by atomic mass is 10.0. The Bertz CT molecular complexity index is 478. The molecule has 0 aliphatic carbocycles. The van der Waals surface area contributed by atoms with Crippen molar-refractivity contribution in [1.82, 2.24) is 4.31 Å². The van der Waals surface area contributed by atoms with Crippen molar-refractivity contribution in [2.75, 3.05) is 14.1 Å². The van der Waals surface area contributed by atoms with Crippen LogP contribution in [0.4, 0.5) is 0 Å². The Hall–Kier alpha value is -1.07. The summed E-state index contributed by atoms with van der Waals surface area (Å²) in [6, 6.07) is 4.79. The van der Waals surface area contributed by atoms with Gasteiger partial charge in [-0.05, 0) is 17.5 Å². The third-order valence-corrected chi connectivity index (χ3v) is 4.26. The largest absolute Gasteiger partial charge is 0.506 e. The van der Waals surface area contributed by atoms with Gasteiger partial charge >= 0.3 is 0 Å². The van der Waals surface area contributed by atoms with Gasteiger partial charge < -0.3 is 5.11 Å². The van der Waals surface area contributed by atoms with Crippen molar-refractivity contribution in [1.29, 1.82) is 0 Å². The highest BCUT2D eigenvalue weighted by atomic mass is 32.2. The number of phenolic OH excluding ortho intramolecular Hbond substituents is 1. The molecule has 0 atom stereocenters. The lowest BCUT2D eigenvalue weighted by Crippen LogP contribution is -2.22. The summed E-state index contributed by atoms with van der Waals surface area (Å²) in [4.78, 5) is -0.0382. The molecule has 0 amide bonds. The first kappa shape index (κ1) is 13.0. The number of hydrogen-bond donors (Lipinski definition) is 1. The third kappa shape index (κ3) is 2.20. The molecular weight excluding hydrogens is 226 g/mol. The summed E-state index contributed by atoms with van der Waals surface area (Å²) in [5.74, 6) is -0.0662. The molecule has 0 saturated carbocycles. The van der Waals surface area contributed by atoms with Crippen molar-refractivity contribution in [3.05, 3.63) is 23.8 Å². The van der Waals surface area contributed by atoms with Gasteiger partial charge in [-0.2, -0.15) is 0 Å². The van der Waals surface area contributed by atoms with Gasteiger partial charge in [0.25, 0.3) is 0 Å². The van der Waals surface area contributed by atoms with Crippen LogP contribution >= 0.6 is 0 Å². The van der Waals surface area contributed by atoms with Crippen molar-refractivity contribution in [3.8, 4) is 5.75 Å². The minimum absolute atomic E-state index is 0.0382. The van der Waals surface area contributed by atoms with Crippen LogP contribution in [0, 0.1) is 0 Å². The number of phenols is 1. The summed E-state index contributed by atoms with van der Waals surface area (Å²) >= 11 is 0. The maximum atomic E-state index is 11.9. The summed E-state index contributed by atoms with van der Waals surface area (Å²) in [6.07, 6.45) is 0. The maximum absolute atomic E-state index is 11.9. The van der Waals surface area contributed by atoms with Crippen molar-refractivity contribution < 1.29 is 13.5 Å². The van der Waals surface area contributed by atoms with Gasteiger partial charge in [-0.1, -0.05) is 26.0 Å². The first-order valence-electron chi connectivity index (χ1n) is 5.03. The number of benzene rings is 1. The van der Waals surface area contributed by atoms with E-state index >= 15 is 0 Å². The number of para-hydroxylation sites is 1. The number of hydrogen-bond acceptors (Lipinski definition) is 3. The zero-order chi connectivity index (χ0) is 12.5. The van der Waals surface area contributed by atoms with Crippen LogP contribution in [0.15, 0.2) is 23.1 Å². The van der Waals surface area contributed by atoms with Crippen LogP contribution in [-0.4, -0.2) is 31.9 Å². The monoisotopic (exact) mass is 243 g/mol. The molecule has 1 aromatic rings. The van der Waals surface area contributed by atoms with E-state index in [0.29, 0.717) is 5.56 Å². The second-order valence-corrected chi connectivity index (χ2v) is 6.26. The standard InChI is InChI=1S/C11H17NO3S/c1-8(2)9-6-5-7-10(11(9)13)16(14,15)12(3)4/h5-8,13H,1-4H3. The number of aromatic hydroxyl groups is 1. The molecule has 90 valence electrons. The highest BCUT2D eigenvalue weighted by Gasteiger charge is 2.23. The molecule has 0 unspecified atom stereocenters. The first-order valence-corrected chi connectivity index (χ1v) is 6.47. The predicted molar refractivity (Wildman–Crippen MR) is 63.1 cm³/mol. The van der Waals surface area contributed by atoms with Gasteiger partial charge in [0.05, 0.1) is 0 Å². The predicted octanol–water partition coefficient (Wildman–Crippen LogP) is 1.77. The Morgan fingerprint density at radius 2 is 1.81 bits per heavy atom. The highest BCUT2D eigenvalue weighted by molar-refractivity contribution is 7.89. The van der Waals surface area contributed by atoms with Gasteiger partial charge in [-0.3, -0.25) is 0 Å². The zero-order valence-corrected chi connectivity index (χ0v) is 10.7. The first-order chi connectivity index (χ1) is 7.28. The van der Waals surface area contributed by atoms with E-state index in [0.717, 1.165) is 4.31 Å². The van der Waals surface area contributed by atoms with Crippen molar-refractivity contribution >= 4 is 10.0 Å². The minimum atomic E-state index is -3.58. The number of sulfonamides is 1. The van der Waals surface area contributed by atoms with Crippen molar-refractivity contribution in [2.45, 2.75) is 24.7 Å². The van der Waals surface area contributed by atoms with Gasteiger partial charge in [0.15, 0.2) is 0 Å². The second-order valence-electron chi connectivity index (χ2n) is 4.14. The van der Waals surface area contributed by atoms with Crippen molar-refractivity contribution in [2.24, 2.45) is 0 Å². The Morgan fingerprint density at radius 1 is 1.25 bits per heavy atom. The molecule has 0 aromatic heterocycles. The number of rotatable bonds is 3. The molecule has 0 bridgehead atoms. The quantitative estimate of drug-likeness (QED) is 0.880. The third-order valence-electron chi connectivity index (χ3n) is 2.41. The molecule has 0 aliphatic rings. The van der Waals surface area contributed by atoms with E-state index in [9.17, 15) is 13.5 Å². The zero-order valence-electron chi connectivity index (χ0n) is 9.93. The molecule has 16 heavy (non-hydrogen) atoms. The van der Waals surface area contributed by atoms with Crippen molar-refractivity contribution in [3.63, 3.8) is 0 Å². The van der Waals surface area contributed by atoms with Gasteiger partial charge in [0.2, 0.25) is 10.0 Å². The van der Waals surface area contributed by atoms with E-state index in [1.165, 1.54) is 20.2 Å². The van der Waals surface area contributed by atoms with E-state index in [1.54, 1.807) is 12.1 Å². The average Bonchev–Trinajstić information content (AvgIpc) is 2.16. The fourth-order valence-electron chi connectivity index (χ4n) is 1.41. The van der Waals surface area contributed by atoms with Crippen LogP contribution in [0.5, 0.6) is 5.75 Å². The second kappa shape index (κ2) is 4.43. The summed E-state index contributed by atoms with van der Waals surface area (Å²) in [7, 11) is -0.698. The van der Waals surface area contributed by atoms with Crippen LogP contribution in [-0.2, 0) is 10.0 Å². The molecule has 4 nitrogen and oxygen atoms in total. The lowest BCUT2D eigenvalue weighted by molar-refractivity contribution is 0.443. The van der Waals surface area contributed by atoms with Gasteiger partial charge in [-0.25, -0.2) is 12.7 Å². The lowest BCUT2D eigenvalue weighted by Gasteiger charge is -2.15. The summed E-state index contributed by atoms with van der Waals surface area (Å²) in [6.45, 7) is 3.81. The van der Waals surface area contributed by atoms with Crippen LogP contribution < -0.4 is 0 Å².